The van der Waals surface area contributed by atoms with Crippen LogP contribution in [-0.2, 0) is 0 Å². The molecule has 0 saturated carbocycles. The van der Waals surface area contributed by atoms with Gasteiger partial charge in [0.1, 0.15) is 5.75 Å². The Morgan fingerprint density at radius 2 is 1.83 bits per heavy atom. The Hall–Kier alpha value is -1.28. The summed E-state index contributed by atoms with van der Waals surface area (Å²) in [5.41, 5.74) is 1.22. The SMILES string of the molecule is CC(C)CCOc1ccc(C=CCN(C)C)cc1. The zero-order chi connectivity index (χ0) is 13.4. The van der Waals surface area contributed by atoms with Crippen LogP contribution in [-0.4, -0.2) is 32.1 Å². The summed E-state index contributed by atoms with van der Waals surface area (Å²) in [5, 5.41) is 0. The van der Waals surface area contributed by atoms with Gasteiger partial charge >= 0.3 is 0 Å². The summed E-state index contributed by atoms with van der Waals surface area (Å²) in [6.07, 6.45) is 5.40. The lowest BCUT2D eigenvalue weighted by Gasteiger charge is -2.08. The number of benzene rings is 1. The molecular weight excluding hydrogens is 222 g/mol. The predicted molar refractivity (Wildman–Crippen MR) is 79.0 cm³/mol. The predicted octanol–water partition coefficient (Wildman–Crippen LogP) is 3.69. The van der Waals surface area contributed by atoms with Crippen LogP contribution in [0.15, 0.2) is 30.3 Å². The van der Waals surface area contributed by atoms with Crippen molar-refractivity contribution in [2.75, 3.05) is 27.2 Å². The van der Waals surface area contributed by atoms with Gasteiger partial charge in [-0.05, 0) is 44.1 Å². The third kappa shape index (κ3) is 6.45. The highest BCUT2D eigenvalue weighted by Crippen LogP contribution is 2.14. The third-order valence-corrected chi connectivity index (χ3v) is 2.62. The van der Waals surface area contributed by atoms with Gasteiger partial charge in [-0.25, -0.2) is 0 Å². The molecule has 18 heavy (non-hydrogen) atoms. The first-order valence-corrected chi connectivity index (χ1v) is 6.62. The van der Waals surface area contributed by atoms with E-state index in [1.807, 2.05) is 12.1 Å². The molecule has 0 aliphatic rings. The highest BCUT2D eigenvalue weighted by molar-refractivity contribution is 5.50. The van der Waals surface area contributed by atoms with Crippen molar-refractivity contribution in [1.29, 1.82) is 0 Å². The van der Waals surface area contributed by atoms with Gasteiger partial charge in [0.05, 0.1) is 6.61 Å². The highest BCUT2D eigenvalue weighted by Gasteiger charge is 1.96. The van der Waals surface area contributed by atoms with Gasteiger partial charge in [-0.1, -0.05) is 38.1 Å². The van der Waals surface area contributed by atoms with Crippen molar-refractivity contribution in [2.24, 2.45) is 5.92 Å². The molecule has 0 amide bonds. The van der Waals surface area contributed by atoms with Crippen molar-refractivity contribution in [1.82, 2.24) is 4.90 Å². The largest absolute Gasteiger partial charge is 0.494 e. The van der Waals surface area contributed by atoms with Crippen LogP contribution in [0, 0.1) is 5.92 Å². The summed E-state index contributed by atoms with van der Waals surface area (Å²) >= 11 is 0. The number of nitrogens with zero attached hydrogens (tertiary/aromatic N) is 1. The van der Waals surface area contributed by atoms with Gasteiger partial charge in [0.25, 0.3) is 0 Å². The Morgan fingerprint density at radius 3 is 2.39 bits per heavy atom. The Kier molecular flexibility index (Phi) is 6.51. The van der Waals surface area contributed by atoms with E-state index in [9.17, 15) is 0 Å². The van der Waals surface area contributed by atoms with Crippen molar-refractivity contribution in [2.45, 2.75) is 20.3 Å². The zero-order valence-electron chi connectivity index (χ0n) is 12.0. The molecule has 1 aromatic rings. The molecule has 1 rings (SSSR count). The van der Waals surface area contributed by atoms with Crippen molar-refractivity contribution in [3.05, 3.63) is 35.9 Å². The molecule has 0 aromatic heterocycles. The summed E-state index contributed by atoms with van der Waals surface area (Å²) in [5.74, 6) is 1.65. The maximum absolute atomic E-state index is 5.68. The molecule has 1 aromatic carbocycles. The molecule has 2 nitrogen and oxygen atoms in total. The minimum absolute atomic E-state index is 0.693. The first-order chi connectivity index (χ1) is 8.58. The second-order valence-corrected chi connectivity index (χ2v) is 5.26. The van der Waals surface area contributed by atoms with E-state index >= 15 is 0 Å². The zero-order valence-corrected chi connectivity index (χ0v) is 12.0. The average Bonchev–Trinajstić information content (AvgIpc) is 2.30. The van der Waals surface area contributed by atoms with Crippen LogP contribution in [0.4, 0.5) is 0 Å². The summed E-state index contributed by atoms with van der Waals surface area (Å²) in [4.78, 5) is 2.14. The summed E-state index contributed by atoms with van der Waals surface area (Å²) in [6.45, 7) is 6.18. The fraction of sp³-hybridized carbons (Fsp3) is 0.500. The van der Waals surface area contributed by atoms with Gasteiger partial charge in [-0.15, -0.1) is 0 Å². The van der Waals surface area contributed by atoms with Crippen LogP contribution in [0.5, 0.6) is 5.75 Å². The molecule has 2 heteroatoms. The maximum Gasteiger partial charge on any atom is 0.119 e. The number of hydrogen-bond acceptors (Lipinski definition) is 2. The van der Waals surface area contributed by atoms with Gasteiger partial charge in [0.15, 0.2) is 0 Å². The van der Waals surface area contributed by atoms with Crippen molar-refractivity contribution in [3.63, 3.8) is 0 Å². The van der Waals surface area contributed by atoms with Crippen LogP contribution in [0.3, 0.4) is 0 Å². The maximum atomic E-state index is 5.68. The van der Waals surface area contributed by atoms with Crippen LogP contribution in [0.25, 0.3) is 6.08 Å². The number of hydrogen-bond donors (Lipinski definition) is 0. The van der Waals surface area contributed by atoms with E-state index in [-0.39, 0.29) is 0 Å². The number of ether oxygens (including phenoxy) is 1. The van der Waals surface area contributed by atoms with Gasteiger partial charge in [-0.3, -0.25) is 0 Å². The molecule has 0 N–H and O–H groups in total. The molecule has 0 aliphatic heterocycles. The van der Waals surface area contributed by atoms with E-state index in [0.717, 1.165) is 25.3 Å². The van der Waals surface area contributed by atoms with Gasteiger partial charge in [0, 0.05) is 6.54 Å². The van der Waals surface area contributed by atoms with E-state index in [4.69, 9.17) is 4.74 Å². The Balaban J connectivity index is 2.40. The lowest BCUT2D eigenvalue weighted by atomic mass is 10.1. The van der Waals surface area contributed by atoms with Crippen molar-refractivity contribution < 1.29 is 4.74 Å². The first kappa shape index (κ1) is 14.8. The lowest BCUT2D eigenvalue weighted by molar-refractivity contribution is 0.289. The molecule has 0 aliphatic carbocycles. The average molecular weight is 247 g/mol. The van der Waals surface area contributed by atoms with Crippen LogP contribution in [0.1, 0.15) is 25.8 Å². The molecule has 0 fully saturated rings. The second-order valence-electron chi connectivity index (χ2n) is 5.26. The van der Waals surface area contributed by atoms with E-state index < -0.39 is 0 Å². The van der Waals surface area contributed by atoms with Crippen LogP contribution >= 0.6 is 0 Å². The quantitative estimate of drug-likeness (QED) is 0.728. The molecular formula is C16H25NO. The third-order valence-electron chi connectivity index (χ3n) is 2.62. The molecule has 0 heterocycles. The summed E-state index contributed by atoms with van der Waals surface area (Å²) in [6, 6.07) is 8.26. The molecule has 0 unspecified atom stereocenters. The van der Waals surface area contributed by atoms with E-state index in [0.29, 0.717) is 5.92 Å². The number of rotatable bonds is 7. The smallest absolute Gasteiger partial charge is 0.119 e. The van der Waals surface area contributed by atoms with Gasteiger partial charge in [-0.2, -0.15) is 0 Å². The van der Waals surface area contributed by atoms with Crippen LogP contribution < -0.4 is 4.74 Å². The molecule has 0 atom stereocenters. The molecule has 0 saturated heterocycles. The van der Waals surface area contributed by atoms with Crippen molar-refractivity contribution >= 4 is 6.08 Å². The van der Waals surface area contributed by atoms with E-state index in [1.54, 1.807) is 0 Å². The standard InChI is InChI=1S/C16H25NO/c1-14(2)11-13-18-16-9-7-15(8-10-16)6-5-12-17(3)4/h5-10,14H,11-13H2,1-4H3. The Morgan fingerprint density at radius 1 is 1.17 bits per heavy atom. The molecule has 0 bridgehead atoms. The Labute approximate surface area is 111 Å². The van der Waals surface area contributed by atoms with E-state index in [2.05, 4.69) is 57.1 Å². The van der Waals surface area contributed by atoms with Crippen molar-refractivity contribution in [3.8, 4) is 5.75 Å². The molecule has 100 valence electrons. The van der Waals surface area contributed by atoms with Gasteiger partial charge < -0.3 is 9.64 Å². The van der Waals surface area contributed by atoms with Crippen LogP contribution in [0.2, 0.25) is 0 Å². The topological polar surface area (TPSA) is 12.5 Å². The first-order valence-electron chi connectivity index (χ1n) is 6.62. The normalized spacial score (nSPS) is 11.7. The molecule has 0 radical (unpaired) electrons. The van der Waals surface area contributed by atoms with E-state index in [1.165, 1.54) is 5.56 Å². The minimum Gasteiger partial charge on any atom is -0.494 e. The number of likely N-dealkylation sites (N-methyl/N-ethyl adjacent to an activating group) is 1. The molecule has 0 spiro atoms. The highest BCUT2D eigenvalue weighted by atomic mass is 16.5. The monoisotopic (exact) mass is 247 g/mol. The lowest BCUT2D eigenvalue weighted by Crippen LogP contribution is -2.10. The fourth-order valence-corrected chi connectivity index (χ4v) is 1.49. The van der Waals surface area contributed by atoms with Gasteiger partial charge in [0.2, 0.25) is 0 Å². The summed E-state index contributed by atoms with van der Waals surface area (Å²) < 4.78 is 5.68. The second kappa shape index (κ2) is 7.93. The Bertz CT molecular complexity index is 352. The summed E-state index contributed by atoms with van der Waals surface area (Å²) in [7, 11) is 4.13. The minimum atomic E-state index is 0.693. The fourth-order valence-electron chi connectivity index (χ4n) is 1.49.